The first-order chi connectivity index (χ1) is 14.8. The maximum atomic E-state index is 13.1. The van der Waals surface area contributed by atoms with Crippen LogP contribution in [0.4, 0.5) is 11.4 Å². The van der Waals surface area contributed by atoms with Gasteiger partial charge in [-0.15, -0.1) is 0 Å². The molecule has 6 nitrogen and oxygen atoms in total. The van der Waals surface area contributed by atoms with E-state index in [1.54, 1.807) is 0 Å². The molecule has 0 bridgehead atoms. The molecule has 31 heavy (non-hydrogen) atoms. The largest absolute Gasteiger partial charge is 0.481 e. The molecule has 166 valence electrons. The van der Waals surface area contributed by atoms with Crippen LogP contribution in [0.1, 0.15) is 29.6 Å². The molecule has 0 aliphatic carbocycles. The van der Waals surface area contributed by atoms with E-state index in [1.807, 2.05) is 66.4 Å². The number of aliphatic carboxylic acids is 1. The molecule has 1 heterocycles. The predicted molar refractivity (Wildman–Crippen MR) is 125 cm³/mol. The average molecular weight is 424 g/mol. The number of carboxylic acid groups (broad SMARTS) is 1. The first-order valence-electron chi connectivity index (χ1n) is 10.9. The third-order valence-corrected chi connectivity index (χ3v) is 6.28. The average Bonchev–Trinajstić information content (AvgIpc) is 2.78. The maximum absolute atomic E-state index is 13.1. The van der Waals surface area contributed by atoms with Crippen molar-refractivity contribution in [3.63, 3.8) is 0 Å². The Kier molecular flexibility index (Phi) is 7.55. The Morgan fingerprint density at radius 3 is 2.26 bits per heavy atom. The fraction of sp³-hybridized carbons (Fsp3) is 0.440. The summed E-state index contributed by atoms with van der Waals surface area (Å²) in [4.78, 5) is 30.6. The van der Waals surface area contributed by atoms with Crippen molar-refractivity contribution in [1.29, 1.82) is 0 Å². The second kappa shape index (κ2) is 10.3. The number of piperidine rings is 1. The van der Waals surface area contributed by atoms with Crippen LogP contribution in [0.5, 0.6) is 0 Å². The van der Waals surface area contributed by atoms with Gasteiger partial charge in [-0.3, -0.25) is 9.59 Å². The van der Waals surface area contributed by atoms with E-state index in [2.05, 4.69) is 24.1 Å². The van der Waals surface area contributed by atoms with E-state index in [0.717, 1.165) is 30.8 Å². The van der Waals surface area contributed by atoms with Gasteiger partial charge in [-0.2, -0.15) is 0 Å². The first-order valence-corrected chi connectivity index (χ1v) is 10.9. The predicted octanol–water partition coefficient (Wildman–Crippen LogP) is 3.83. The topological polar surface area (TPSA) is 64.1 Å². The van der Waals surface area contributed by atoms with E-state index in [-0.39, 0.29) is 24.2 Å². The highest BCUT2D eigenvalue weighted by Gasteiger charge is 2.33. The summed E-state index contributed by atoms with van der Waals surface area (Å²) in [7, 11) is 6.00. The van der Waals surface area contributed by atoms with Gasteiger partial charge in [0, 0.05) is 64.1 Å². The Morgan fingerprint density at radius 1 is 0.968 bits per heavy atom. The normalized spacial score (nSPS) is 18.5. The molecule has 1 aliphatic rings. The minimum Gasteiger partial charge on any atom is -0.481 e. The minimum absolute atomic E-state index is 0.0282. The van der Waals surface area contributed by atoms with Crippen LogP contribution in [-0.2, 0) is 4.79 Å². The molecule has 0 spiro atoms. The highest BCUT2D eigenvalue weighted by atomic mass is 16.4. The zero-order valence-electron chi connectivity index (χ0n) is 18.7. The maximum Gasteiger partial charge on any atom is 0.303 e. The number of nitrogens with zero attached hydrogens (tertiary/aromatic N) is 3. The molecule has 1 N–H and O–H groups in total. The second-order valence-electron chi connectivity index (χ2n) is 8.64. The lowest BCUT2D eigenvalue weighted by Crippen LogP contribution is -2.45. The van der Waals surface area contributed by atoms with Gasteiger partial charge in [0.2, 0.25) is 0 Å². The van der Waals surface area contributed by atoms with E-state index in [4.69, 9.17) is 0 Å². The lowest BCUT2D eigenvalue weighted by molar-refractivity contribution is -0.139. The summed E-state index contributed by atoms with van der Waals surface area (Å²) < 4.78 is 0. The van der Waals surface area contributed by atoms with Crippen molar-refractivity contribution in [2.24, 2.45) is 11.8 Å². The summed E-state index contributed by atoms with van der Waals surface area (Å²) in [6, 6.07) is 17.8. The number of carbonyl (C=O) groups excluding carboxylic acids is 1. The molecule has 0 aromatic heterocycles. The Balaban J connectivity index is 1.67. The van der Waals surface area contributed by atoms with E-state index in [9.17, 15) is 14.7 Å². The van der Waals surface area contributed by atoms with Crippen molar-refractivity contribution in [2.75, 3.05) is 50.6 Å². The number of carbonyl (C=O) groups is 2. The monoisotopic (exact) mass is 423 g/mol. The number of benzene rings is 2. The van der Waals surface area contributed by atoms with E-state index in [1.165, 1.54) is 0 Å². The number of rotatable bonds is 8. The summed E-state index contributed by atoms with van der Waals surface area (Å²) >= 11 is 0. The number of hydrogen-bond donors (Lipinski definition) is 1. The van der Waals surface area contributed by atoms with Crippen molar-refractivity contribution < 1.29 is 14.7 Å². The number of hydrogen-bond acceptors (Lipinski definition) is 4. The van der Waals surface area contributed by atoms with Crippen LogP contribution in [0.15, 0.2) is 54.6 Å². The van der Waals surface area contributed by atoms with Crippen molar-refractivity contribution in [3.8, 4) is 0 Å². The first kappa shape index (κ1) is 22.7. The fourth-order valence-electron chi connectivity index (χ4n) is 4.34. The zero-order valence-corrected chi connectivity index (χ0v) is 18.7. The molecule has 0 unspecified atom stereocenters. The summed E-state index contributed by atoms with van der Waals surface area (Å²) in [6.07, 6.45) is 1.75. The number of anilines is 2. The minimum atomic E-state index is -0.759. The van der Waals surface area contributed by atoms with Gasteiger partial charge in [0.1, 0.15) is 0 Å². The summed E-state index contributed by atoms with van der Waals surface area (Å²) in [5.74, 6) is -0.464. The smallest absolute Gasteiger partial charge is 0.303 e. The molecular weight excluding hydrogens is 390 g/mol. The van der Waals surface area contributed by atoms with E-state index in [0.29, 0.717) is 18.7 Å². The number of carboxylic acids is 1. The lowest BCUT2D eigenvalue weighted by Gasteiger charge is -2.39. The summed E-state index contributed by atoms with van der Waals surface area (Å²) in [5, 5.41) is 9.37. The molecule has 3 rings (SSSR count). The van der Waals surface area contributed by atoms with Crippen LogP contribution in [0, 0.1) is 11.8 Å². The molecule has 1 saturated heterocycles. The van der Waals surface area contributed by atoms with Gasteiger partial charge in [0.15, 0.2) is 0 Å². The SMILES string of the molecule is CN(C)c1ccc(C(=O)N2CC[C@@H](CC(=O)O)[C@@H](CCN(C)c3ccccc3)C2)cc1. The van der Waals surface area contributed by atoms with Gasteiger partial charge < -0.3 is 19.8 Å². The van der Waals surface area contributed by atoms with E-state index >= 15 is 0 Å². The highest BCUT2D eigenvalue weighted by molar-refractivity contribution is 5.94. The Bertz CT molecular complexity index is 867. The fourth-order valence-corrected chi connectivity index (χ4v) is 4.34. The van der Waals surface area contributed by atoms with Crippen LogP contribution in [0.3, 0.4) is 0 Å². The molecule has 2 aromatic rings. The van der Waals surface area contributed by atoms with Crippen LogP contribution in [0.2, 0.25) is 0 Å². The van der Waals surface area contributed by atoms with E-state index < -0.39 is 5.97 Å². The molecule has 1 fully saturated rings. The molecule has 0 saturated carbocycles. The molecule has 0 radical (unpaired) electrons. The standard InChI is InChI=1S/C25H33N3O3/c1-26(2)22-11-9-19(10-12-22)25(31)28-16-14-20(17-24(29)30)21(18-28)13-15-27(3)23-7-5-4-6-8-23/h4-12,20-21H,13-18H2,1-3H3,(H,29,30)/t20-,21-/m0/s1. The number of likely N-dealkylation sites (tertiary alicyclic amines) is 1. The molecule has 2 aromatic carbocycles. The number of para-hydroxylation sites is 1. The summed E-state index contributed by atoms with van der Waals surface area (Å²) in [5.41, 5.74) is 2.88. The quantitative estimate of drug-likeness (QED) is 0.699. The molecule has 2 atom stereocenters. The van der Waals surface area contributed by atoms with Gasteiger partial charge in [-0.25, -0.2) is 0 Å². The van der Waals surface area contributed by atoms with Gasteiger partial charge in [-0.05, 0) is 61.1 Å². The third-order valence-electron chi connectivity index (χ3n) is 6.28. The van der Waals surface area contributed by atoms with Crippen molar-refractivity contribution in [1.82, 2.24) is 4.90 Å². The molecule has 6 heteroatoms. The lowest BCUT2D eigenvalue weighted by atomic mass is 9.81. The van der Waals surface area contributed by atoms with Crippen LogP contribution < -0.4 is 9.80 Å². The third kappa shape index (κ3) is 6.00. The molecular formula is C25H33N3O3. The van der Waals surface area contributed by atoms with Gasteiger partial charge >= 0.3 is 5.97 Å². The van der Waals surface area contributed by atoms with Crippen molar-refractivity contribution in [2.45, 2.75) is 19.3 Å². The molecule has 1 aliphatic heterocycles. The van der Waals surface area contributed by atoms with Crippen LogP contribution in [0.25, 0.3) is 0 Å². The van der Waals surface area contributed by atoms with Gasteiger partial charge in [0.05, 0.1) is 0 Å². The van der Waals surface area contributed by atoms with Crippen LogP contribution >= 0.6 is 0 Å². The highest BCUT2D eigenvalue weighted by Crippen LogP contribution is 2.31. The molecule has 1 amide bonds. The number of amides is 1. The Morgan fingerprint density at radius 2 is 1.65 bits per heavy atom. The Labute approximate surface area is 185 Å². The van der Waals surface area contributed by atoms with Crippen molar-refractivity contribution in [3.05, 3.63) is 60.2 Å². The van der Waals surface area contributed by atoms with Crippen LogP contribution in [-0.4, -0.2) is 62.7 Å². The second-order valence-corrected chi connectivity index (χ2v) is 8.64. The zero-order chi connectivity index (χ0) is 22.4. The Hall–Kier alpha value is -3.02. The summed E-state index contributed by atoms with van der Waals surface area (Å²) in [6.45, 7) is 2.04. The van der Waals surface area contributed by atoms with Gasteiger partial charge in [-0.1, -0.05) is 18.2 Å². The van der Waals surface area contributed by atoms with Gasteiger partial charge in [0.25, 0.3) is 5.91 Å². The van der Waals surface area contributed by atoms with Crippen molar-refractivity contribution >= 4 is 23.3 Å².